The number of rotatable bonds is 63. The molecule has 0 aromatic heterocycles. The minimum absolute atomic E-state index is 0.0226. The Balaban J connectivity index is 4.95. The highest BCUT2D eigenvalue weighted by atomic mass is 31.2. The third-order valence-corrected chi connectivity index (χ3v) is 16.6. The van der Waals surface area contributed by atoms with Gasteiger partial charge in [-0.2, -0.15) is 0 Å². The summed E-state index contributed by atoms with van der Waals surface area (Å²) in [5.74, 6) is -0.539. The number of phosphoric acid groups is 1. The number of esters is 1. The van der Waals surface area contributed by atoms with Crippen LogP contribution in [0.5, 0.6) is 0 Å². The molecule has 0 aromatic carbocycles. The molecule has 0 spiro atoms. The van der Waals surface area contributed by atoms with E-state index in [1.807, 2.05) is 33.3 Å². The fraction of sp³-hybridized carbons (Fsp3) is 0.884. The van der Waals surface area contributed by atoms with Gasteiger partial charge in [0, 0.05) is 12.8 Å². The van der Waals surface area contributed by atoms with Crippen LogP contribution in [-0.2, 0) is 27.9 Å². The van der Waals surface area contributed by atoms with E-state index in [1.54, 1.807) is 0 Å². The first kappa shape index (κ1) is 77.2. The van der Waals surface area contributed by atoms with Crippen LogP contribution in [0.2, 0.25) is 0 Å². The summed E-state index contributed by atoms with van der Waals surface area (Å²) >= 11 is 0. The average Bonchev–Trinajstić information content (AvgIpc) is 3.41. The molecular weight excluding hydrogens is 1000 g/mol. The first-order chi connectivity index (χ1) is 38.4. The highest BCUT2D eigenvalue weighted by Crippen LogP contribution is 2.38. The summed E-state index contributed by atoms with van der Waals surface area (Å²) in [6, 6.07) is -0.891. The molecule has 0 heterocycles. The maximum atomic E-state index is 13.5. The number of amides is 1. The Kier molecular flexibility index (Phi) is 58.1. The minimum Gasteiger partial charge on any atom is -0.756 e. The van der Waals surface area contributed by atoms with E-state index in [-0.39, 0.29) is 31.5 Å². The van der Waals surface area contributed by atoms with Crippen LogP contribution in [0.4, 0.5) is 0 Å². The molecule has 0 aliphatic heterocycles. The van der Waals surface area contributed by atoms with Crippen molar-refractivity contribution in [2.24, 2.45) is 0 Å². The van der Waals surface area contributed by atoms with Gasteiger partial charge in [-0.1, -0.05) is 308 Å². The highest BCUT2D eigenvalue weighted by molar-refractivity contribution is 7.45. The van der Waals surface area contributed by atoms with Crippen molar-refractivity contribution in [3.8, 4) is 0 Å². The Morgan fingerprint density at radius 1 is 0.443 bits per heavy atom. The molecule has 0 radical (unpaired) electrons. The van der Waals surface area contributed by atoms with Crippen LogP contribution in [0.3, 0.4) is 0 Å². The standard InChI is InChI=1S/C69H133N2O7P/c1-7-10-13-16-19-22-25-27-29-30-31-32-33-34-35-36-37-38-39-40-42-44-47-50-53-56-59-62-69(73)78-67(60-57-54-51-48-45-24-21-18-15-12-9-3)66(65-77-79(74,75)76-64-63-71(4,5)6)70-68(72)61-58-55-52-49-46-43-41-28-26-23-20-17-14-11-8-2/h20,23,26,28,57,60,66-67H,7-19,21-22,24-25,27,29-56,58-59,61-65H2,1-6H3,(H-,70,72,74,75)/b23-20+,28-26+,60-57-. The smallest absolute Gasteiger partial charge is 0.306 e. The number of likely N-dealkylation sites (N-methyl/N-ethyl adjacent to an activating group) is 1. The van der Waals surface area contributed by atoms with Gasteiger partial charge in [0.25, 0.3) is 7.82 Å². The molecule has 0 rings (SSSR count). The highest BCUT2D eigenvalue weighted by Gasteiger charge is 2.27. The third-order valence-electron chi connectivity index (χ3n) is 15.6. The first-order valence-corrected chi connectivity index (χ1v) is 35.8. The zero-order valence-corrected chi connectivity index (χ0v) is 54.2. The fourth-order valence-electron chi connectivity index (χ4n) is 10.3. The molecule has 0 aromatic rings. The van der Waals surface area contributed by atoms with Gasteiger partial charge >= 0.3 is 5.97 Å². The van der Waals surface area contributed by atoms with Crippen LogP contribution in [0.25, 0.3) is 0 Å². The van der Waals surface area contributed by atoms with Crippen LogP contribution in [0.1, 0.15) is 342 Å². The fourth-order valence-corrected chi connectivity index (χ4v) is 11.0. The van der Waals surface area contributed by atoms with E-state index in [2.05, 4.69) is 50.4 Å². The van der Waals surface area contributed by atoms with E-state index in [4.69, 9.17) is 13.8 Å². The summed E-state index contributed by atoms with van der Waals surface area (Å²) in [4.78, 5) is 40.0. The van der Waals surface area contributed by atoms with Gasteiger partial charge in [-0.15, -0.1) is 0 Å². The van der Waals surface area contributed by atoms with Crippen molar-refractivity contribution >= 4 is 19.7 Å². The number of nitrogens with one attached hydrogen (secondary N) is 1. The van der Waals surface area contributed by atoms with Crippen LogP contribution in [-0.4, -0.2) is 69.4 Å². The van der Waals surface area contributed by atoms with E-state index >= 15 is 0 Å². The lowest BCUT2D eigenvalue weighted by molar-refractivity contribution is -0.870. The first-order valence-electron chi connectivity index (χ1n) is 34.3. The molecule has 0 fully saturated rings. The van der Waals surface area contributed by atoms with Crippen molar-refractivity contribution in [3.05, 3.63) is 36.5 Å². The molecule has 466 valence electrons. The van der Waals surface area contributed by atoms with Gasteiger partial charge in [0.15, 0.2) is 0 Å². The van der Waals surface area contributed by atoms with E-state index < -0.39 is 20.0 Å². The predicted molar refractivity (Wildman–Crippen MR) is 340 cm³/mol. The van der Waals surface area contributed by atoms with Crippen LogP contribution < -0.4 is 10.2 Å². The Morgan fingerprint density at radius 2 is 0.759 bits per heavy atom. The average molecular weight is 1130 g/mol. The molecule has 0 saturated heterocycles. The second kappa shape index (κ2) is 59.4. The lowest BCUT2D eigenvalue weighted by Gasteiger charge is -2.30. The number of nitrogens with zero attached hydrogens (tertiary/aromatic N) is 1. The van der Waals surface area contributed by atoms with Gasteiger partial charge in [-0.05, 0) is 57.4 Å². The van der Waals surface area contributed by atoms with Crippen molar-refractivity contribution in [2.45, 2.75) is 354 Å². The van der Waals surface area contributed by atoms with Gasteiger partial charge in [-0.25, -0.2) is 0 Å². The SMILES string of the molecule is CCCCC/C=C/C=C/CCCCCCCCC(=O)NC(COP(=O)([O-])OCC[N+](C)(C)C)C(/C=C\CCCCCCCCCCC)OC(=O)CCCCCCCCCCCCCCCCCCCCCCCCCCCCC. The summed E-state index contributed by atoms with van der Waals surface area (Å²) in [5.41, 5.74) is 0. The summed E-state index contributed by atoms with van der Waals surface area (Å²) < 4.78 is 30.4. The normalized spacial score (nSPS) is 13.8. The summed E-state index contributed by atoms with van der Waals surface area (Å²) in [6.45, 7) is 6.84. The Labute approximate surface area is 491 Å². The quantitative estimate of drug-likeness (QED) is 0.0161. The minimum atomic E-state index is -4.70. The predicted octanol–water partition coefficient (Wildman–Crippen LogP) is 20.8. The number of phosphoric ester groups is 1. The maximum absolute atomic E-state index is 13.5. The lowest BCUT2D eigenvalue weighted by atomic mass is 10.0. The number of allylic oxidation sites excluding steroid dienone is 5. The number of ether oxygens (including phenoxy) is 1. The number of quaternary nitrogens is 1. The van der Waals surface area contributed by atoms with E-state index in [0.29, 0.717) is 17.4 Å². The Bertz CT molecular complexity index is 1450. The second-order valence-electron chi connectivity index (χ2n) is 24.7. The summed E-state index contributed by atoms with van der Waals surface area (Å²) in [7, 11) is 1.19. The molecule has 1 amide bonds. The molecule has 9 nitrogen and oxygen atoms in total. The molecule has 0 aliphatic carbocycles. The van der Waals surface area contributed by atoms with Crippen LogP contribution in [0, 0.1) is 0 Å². The molecule has 79 heavy (non-hydrogen) atoms. The summed E-state index contributed by atoms with van der Waals surface area (Å²) in [6.07, 6.45) is 72.8. The molecule has 0 bridgehead atoms. The van der Waals surface area contributed by atoms with E-state index in [9.17, 15) is 19.0 Å². The van der Waals surface area contributed by atoms with E-state index in [0.717, 1.165) is 83.5 Å². The van der Waals surface area contributed by atoms with Crippen molar-refractivity contribution in [1.82, 2.24) is 5.32 Å². The largest absolute Gasteiger partial charge is 0.756 e. The lowest BCUT2D eigenvalue weighted by Crippen LogP contribution is -2.47. The number of unbranched alkanes of at least 4 members (excludes halogenated alkanes) is 44. The van der Waals surface area contributed by atoms with Crippen LogP contribution >= 0.6 is 7.82 Å². The van der Waals surface area contributed by atoms with Crippen molar-refractivity contribution in [3.63, 3.8) is 0 Å². The zero-order valence-electron chi connectivity index (χ0n) is 53.3. The molecule has 1 N–H and O–H groups in total. The number of carbonyl (C=O) groups excluding carboxylic acids is 2. The number of hydrogen-bond donors (Lipinski definition) is 1. The van der Waals surface area contributed by atoms with Gasteiger partial charge in [0.2, 0.25) is 5.91 Å². The zero-order chi connectivity index (χ0) is 57.9. The van der Waals surface area contributed by atoms with Crippen molar-refractivity contribution in [1.29, 1.82) is 0 Å². The van der Waals surface area contributed by atoms with Gasteiger partial charge in [0.05, 0.1) is 33.8 Å². The van der Waals surface area contributed by atoms with E-state index in [1.165, 1.54) is 225 Å². The molecule has 10 heteroatoms. The third kappa shape index (κ3) is 60.6. The summed E-state index contributed by atoms with van der Waals surface area (Å²) in [5, 5.41) is 3.03. The number of carbonyl (C=O) groups is 2. The van der Waals surface area contributed by atoms with Gasteiger partial charge < -0.3 is 28.5 Å². The topological polar surface area (TPSA) is 114 Å². The maximum Gasteiger partial charge on any atom is 0.306 e. The van der Waals surface area contributed by atoms with Crippen molar-refractivity contribution < 1.29 is 37.3 Å². The Morgan fingerprint density at radius 3 is 1.14 bits per heavy atom. The number of hydrogen-bond acceptors (Lipinski definition) is 7. The van der Waals surface area contributed by atoms with Gasteiger partial charge in [-0.3, -0.25) is 14.2 Å². The monoisotopic (exact) mass is 1130 g/mol. The molecule has 0 saturated carbocycles. The van der Waals surface area contributed by atoms with Crippen LogP contribution in [0.15, 0.2) is 36.5 Å². The second-order valence-corrected chi connectivity index (χ2v) is 26.1. The Hall–Kier alpha value is -1.77. The van der Waals surface area contributed by atoms with Gasteiger partial charge in [0.1, 0.15) is 19.3 Å². The molecule has 3 unspecified atom stereocenters. The molecular formula is C69H133N2O7P. The molecule has 3 atom stereocenters. The molecule has 0 aliphatic rings. The van der Waals surface area contributed by atoms with Crippen molar-refractivity contribution in [2.75, 3.05) is 40.9 Å².